The minimum absolute atomic E-state index is 0.0920. The molecule has 0 radical (unpaired) electrons. The van der Waals surface area contributed by atoms with Gasteiger partial charge in [0, 0.05) is 17.7 Å². The largest absolute Gasteiger partial charge is 0.507 e. The average Bonchev–Trinajstić information content (AvgIpc) is 2.47. The third-order valence-corrected chi connectivity index (χ3v) is 2.87. The first-order valence-corrected chi connectivity index (χ1v) is 6.39. The topological polar surface area (TPSA) is 61.7 Å². The lowest BCUT2D eigenvalue weighted by Gasteiger charge is -2.03. The molecule has 0 saturated heterocycles. The summed E-state index contributed by atoms with van der Waals surface area (Å²) in [7, 11) is 0. The molecule has 0 heterocycles. The summed E-state index contributed by atoms with van der Waals surface area (Å²) in [6.07, 6.45) is 2.21. The summed E-state index contributed by atoms with van der Waals surface area (Å²) in [5, 5.41) is 13.8. The zero-order valence-electron chi connectivity index (χ0n) is 10.6. The van der Waals surface area contributed by atoms with Gasteiger partial charge in [-0.1, -0.05) is 41.9 Å². The highest BCUT2D eigenvalue weighted by atomic mass is 35.5. The molecule has 2 aromatic rings. The summed E-state index contributed by atoms with van der Waals surface area (Å²) in [5.41, 5.74) is 3.53. The van der Waals surface area contributed by atoms with Gasteiger partial charge in [-0.3, -0.25) is 4.79 Å². The van der Waals surface area contributed by atoms with Gasteiger partial charge in [0.1, 0.15) is 5.75 Å². The van der Waals surface area contributed by atoms with Gasteiger partial charge in [-0.15, -0.1) is 0 Å². The van der Waals surface area contributed by atoms with Gasteiger partial charge in [-0.25, -0.2) is 5.43 Å². The number of hydrazone groups is 1. The van der Waals surface area contributed by atoms with E-state index < -0.39 is 5.91 Å². The van der Waals surface area contributed by atoms with Crippen LogP contribution in [0.5, 0.6) is 5.75 Å². The molecule has 0 aliphatic heterocycles. The number of amides is 1. The van der Waals surface area contributed by atoms with Crippen LogP contribution in [0.15, 0.2) is 53.6 Å². The standard InChI is InChI=1S/C15H13ClN2O2/c16-12-6-7-14(19)13(10-12)15(20)18-17-9-8-11-4-2-1-3-5-11/h1-7,9-10,19H,8H2,(H,18,20)/b17-9+. The highest BCUT2D eigenvalue weighted by molar-refractivity contribution is 6.31. The number of nitrogens with one attached hydrogen (secondary N) is 1. The second kappa shape index (κ2) is 6.73. The molecule has 0 atom stereocenters. The third-order valence-electron chi connectivity index (χ3n) is 2.63. The Morgan fingerprint density at radius 2 is 2.00 bits per heavy atom. The maximum absolute atomic E-state index is 11.8. The maximum Gasteiger partial charge on any atom is 0.275 e. The van der Waals surface area contributed by atoms with Gasteiger partial charge in [0.2, 0.25) is 0 Å². The molecule has 102 valence electrons. The van der Waals surface area contributed by atoms with Crippen molar-refractivity contribution in [1.82, 2.24) is 5.43 Å². The predicted octanol–water partition coefficient (Wildman–Crippen LogP) is 3.00. The van der Waals surface area contributed by atoms with Gasteiger partial charge in [-0.2, -0.15) is 5.10 Å². The number of phenolic OH excluding ortho intramolecular Hbond substituents is 1. The van der Waals surface area contributed by atoms with Crippen LogP contribution in [0, 0.1) is 0 Å². The van der Waals surface area contributed by atoms with Crippen LogP contribution in [-0.2, 0) is 6.42 Å². The summed E-state index contributed by atoms with van der Waals surface area (Å²) in [6.45, 7) is 0. The van der Waals surface area contributed by atoms with Crippen LogP contribution in [0.3, 0.4) is 0 Å². The normalized spacial score (nSPS) is 10.7. The SMILES string of the molecule is O=C(N/N=C/Cc1ccccc1)c1cc(Cl)ccc1O. The molecule has 20 heavy (non-hydrogen) atoms. The Kier molecular flexibility index (Phi) is 4.74. The Morgan fingerprint density at radius 3 is 2.75 bits per heavy atom. The fraction of sp³-hybridized carbons (Fsp3) is 0.0667. The molecule has 0 spiro atoms. The molecular weight excluding hydrogens is 276 g/mol. The van der Waals surface area contributed by atoms with E-state index in [0.717, 1.165) is 5.56 Å². The lowest BCUT2D eigenvalue weighted by molar-refractivity contribution is 0.0952. The predicted molar refractivity (Wildman–Crippen MR) is 79.2 cm³/mol. The van der Waals surface area contributed by atoms with Crippen molar-refractivity contribution in [2.45, 2.75) is 6.42 Å². The first kappa shape index (κ1) is 14.1. The fourth-order valence-electron chi connectivity index (χ4n) is 1.62. The molecule has 0 unspecified atom stereocenters. The quantitative estimate of drug-likeness (QED) is 0.671. The Bertz CT molecular complexity index is 627. The number of nitrogens with zero attached hydrogens (tertiary/aromatic N) is 1. The summed E-state index contributed by atoms with van der Waals surface area (Å²) in [4.78, 5) is 11.8. The van der Waals surface area contributed by atoms with Crippen molar-refractivity contribution in [3.05, 3.63) is 64.7 Å². The number of aromatic hydroxyl groups is 1. The van der Waals surface area contributed by atoms with E-state index in [9.17, 15) is 9.90 Å². The fourth-order valence-corrected chi connectivity index (χ4v) is 1.79. The number of benzene rings is 2. The van der Waals surface area contributed by atoms with Crippen molar-refractivity contribution in [1.29, 1.82) is 0 Å². The van der Waals surface area contributed by atoms with Crippen LogP contribution >= 0.6 is 11.6 Å². The molecule has 2 N–H and O–H groups in total. The van der Waals surface area contributed by atoms with Gasteiger partial charge < -0.3 is 5.11 Å². The second-order valence-corrected chi connectivity index (χ2v) is 4.54. The van der Waals surface area contributed by atoms with Crippen LogP contribution in [-0.4, -0.2) is 17.2 Å². The summed E-state index contributed by atoms with van der Waals surface area (Å²) < 4.78 is 0. The molecule has 0 fully saturated rings. The summed E-state index contributed by atoms with van der Waals surface area (Å²) in [6, 6.07) is 14.0. The van der Waals surface area contributed by atoms with Crippen molar-refractivity contribution in [2.75, 3.05) is 0 Å². The molecule has 5 heteroatoms. The highest BCUT2D eigenvalue weighted by Crippen LogP contribution is 2.21. The minimum Gasteiger partial charge on any atom is -0.507 e. The minimum atomic E-state index is -0.505. The monoisotopic (exact) mass is 288 g/mol. The van der Waals surface area contributed by atoms with E-state index in [1.54, 1.807) is 6.21 Å². The number of carbonyl (C=O) groups excluding carboxylic acids is 1. The second-order valence-electron chi connectivity index (χ2n) is 4.10. The zero-order valence-corrected chi connectivity index (χ0v) is 11.3. The van der Waals surface area contributed by atoms with Crippen LogP contribution < -0.4 is 5.43 Å². The van der Waals surface area contributed by atoms with Gasteiger partial charge in [0.25, 0.3) is 5.91 Å². The van der Waals surface area contributed by atoms with Gasteiger partial charge in [0.15, 0.2) is 0 Å². The van der Waals surface area contributed by atoms with E-state index in [1.807, 2.05) is 30.3 Å². The Morgan fingerprint density at radius 1 is 1.25 bits per heavy atom. The van der Waals surface area contributed by atoms with E-state index in [2.05, 4.69) is 10.5 Å². The van der Waals surface area contributed by atoms with E-state index in [1.165, 1.54) is 18.2 Å². The van der Waals surface area contributed by atoms with Gasteiger partial charge in [0.05, 0.1) is 5.56 Å². The van der Waals surface area contributed by atoms with E-state index >= 15 is 0 Å². The van der Waals surface area contributed by atoms with Crippen molar-refractivity contribution in [3.8, 4) is 5.75 Å². The Hall–Kier alpha value is -2.33. The van der Waals surface area contributed by atoms with Crippen molar-refractivity contribution in [3.63, 3.8) is 0 Å². The molecule has 2 rings (SSSR count). The first-order valence-electron chi connectivity index (χ1n) is 6.01. The van der Waals surface area contributed by atoms with E-state index in [-0.39, 0.29) is 11.3 Å². The smallest absolute Gasteiger partial charge is 0.275 e. The van der Waals surface area contributed by atoms with Gasteiger partial charge in [-0.05, 0) is 23.8 Å². The highest BCUT2D eigenvalue weighted by Gasteiger charge is 2.10. The maximum atomic E-state index is 11.8. The van der Waals surface area contributed by atoms with Crippen LogP contribution in [0.4, 0.5) is 0 Å². The lowest BCUT2D eigenvalue weighted by atomic mass is 10.2. The lowest BCUT2D eigenvalue weighted by Crippen LogP contribution is -2.17. The molecule has 2 aromatic carbocycles. The molecule has 0 aliphatic rings. The first-order chi connectivity index (χ1) is 9.66. The number of carbonyl (C=O) groups is 1. The molecule has 0 bridgehead atoms. The van der Waals surface area contributed by atoms with Gasteiger partial charge >= 0.3 is 0 Å². The Balaban J connectivity index is 1.93. The zero-order chi connectivity index (χ0) is 14.4. The van der Waals surface area contributed by atoms with E-state index in [0.29, 0.717) is 11.4 Å². The van der Waals surface area contributed by atoms with Crippen molar-refractivity contribution < 1.29 is 9.90 Å². The molecule has 1 amide bonds. The third kappa shape index (κ3) is 3.83. The Labute approximate surface area is 121 Å². The number of rotatable bonds is 4. The molecule has 4 nitrogen and oxygen atoms in total. The number of hydrogen-bond acceptors (Lipinski definition) is 3. The molecule has 0 aliphatic carbocycles. The summed E-state index contributed by atoms with van der Waals surface area (Å²) in [5.74, 6) is -0.639. The number of hydrogen-bond donors (Lipinski definition) is 2. The van der Waals surface area contributed by atoms with Crippen LogP contribution in [0.1, 0.15) is 15.9 Å². The van der Waals surface area contributed by atoms with Crippen molar-refractivity contribution >= 4 is 23.7 Å². The van der Waals surface area contributed by atoms with Crippen molar-refractivity contribution in [2.24, 2.45) is 5.10 Å². The number of halogens is 1. The molecular formula is C15H13ClN2O2. The van der Waals surface area contributed by atoms with Crippen LogP contribution in [0.2, 0.25) is 5.02 Å². The van der Waals surface area contributed by atoms with E-state index in [4.69, 9.17) is 11.6 Å². The van der Waals surface area contributed by atoms with Crippen LogP contribution in [0.25, 0.3) is 0 Å². The molecule has 0 aromatic heterocycles. The summed E-state index contributed by atoms with van der Waals surface area (Å²) >= 11 is 5.77. The number of phenols is 1. The molecule has 0 saturated carbocycles. The average molecular weight is 289 g/mol.